The van der Waals surface area contributed by atoms with Crippen molar-refractivity contribution >= 4 is 11.6 Å². The number of halogens is 1. The lowest BCUT2D eigenvalue weighted by atomic mass is 9.94. The number of methoxy groups -OCH3 is 1. The summed E-state index contributed by atoms with van der Waals surface area (Å²) in [4.78, 5) is 0. The SMILES string of the molecule is COC1CCCC(Oc2cccc(Cl)c2CC(C)N)C1. The predicted molar refractivity (Wildman–Crippen MR) is 82.5 cm³/mol. The van der Waals surface area contributed by atoms with E-state index in [-0.39, 0.29) is 12.1 Å². The Morgan fingerprint density at radius 1 is 1.35 bits per heavy atom. The second kappa shape index (κ2) is 7.30. The van der Waals surface area contributed by atoms with Gasteiger partial charge in [-0.3, -0.25) is 0 Å². The molecule has 0 aromatic heterocycles. The van der Waals surface area contributed by atoms with E-state index in [1.807, 2.05) is 25.1 Å². The summed E-state index contributed by atoms with van der Waals surface area (Å²) in [6.07, 6.45) is 5.54. The lowest BCUT2D eigenvalue weighted by molar-refractivity contribution is 0.0206. The van der Waals surface area contributed by atoms with Crippen LogP contribution in [0.3, 0.4) is 0 Å². The van der Waals surface area contributed by atoms with Crippen molar-refractivity contribution in [2.24, 2.45) is 5.73 Å². The molecule has 0 amide bonds. The van der Waals surface area contributed by atoms with Crippen molar-refractivity contribution in [3.8, 4) is 5.75 Å². The number of ether oxygens (including phenoxy) is 2. The van der Waals surface area contributed by atoms with Gasteiger partial charge in [-0.25, -0.2) is 0 Å². The Morgan fingerprint density at radius 2 is 2.10 bits per heavy atom. The Labute approximate surface area is 126 Å². The molecule has 0 spiro atoms. The fourth-order valence-electron chi connectivity index (χ4n) is 2.77. The Morgan fingerprint density at radius 3 is 2.80 bits per heavy atom. The molecule has 0 radical (unpaired) electrons. The molecule has 0 saturated heterocycles. The fourth-order valence-corrected chi connectivity index (χ4v) is 3.02. The Bertz CT molecular complexity index is 436. The first-order chi connectivity index (χ1) is 9.60. The van der Waals surface area contributed by atoms with E-state index in [2.05, 4.69) is 0 Å². The van der Waals surface area contributed by atoms with Crippen molar-refractivity contribution in [3.05, 3.63) is 28.8 Å². The normalized spacial score (nSPS) is 24.4. The molecule has 2 rings (SSSR count). The molecule has 0 aliphatic heterocycles. The van der Waals surface area contributed by atoms with Gasteiger partial charge in [0.2, 0.25) is 0 Å². The van der Waals surface area contributed by atoms with Crippen LogP contribution in [0.2, 0.25) is 5.02 Å². The van der Waals surface area contributed by atoms with E-state index < -0.39 is 0 Å². The van der Waals surface area contributed by atoms with Gasteiger partial charge in [-0.05, 0) is 44.7 Å². The summed E-state index contributed by atoms with van der Waals surface area (Å²) in [5, 5.41) is 0.735. The predicted octanol–water partition coefficient (Wildman–Crippen LogP) is 3.57. The van der Waals surface area contributed by atoms with Gasteiger partial charge < -0.3 is 15.2 Å². The van der Waals surface area contributed by atoms with Crippen LogP contribution in [0.1, 0.15) is 38.2 Å². The van der Waals surface area contributed by atoms with E-state index in [9.17, 15) is 0 Å². The van der Waals surface area contributed by atoms with Gasteiger partial charge in [-0.2, -0.15) is 0 Å². The second-order valence-electron chi connectivity index (χ2n) is 5.66. The molecule has 0 bridgehead atoms. The highest BCUT2D eigenvalue weighted by atomic mass is 35.5. The topological polar surface area (TPSA) is 44.5 Å². The van der Waals surface area contributed by atoms with E-state index in [1.165, 1.54) is 0 Å². The molecule has 1 fully saturated rings. The zero-order chi connectivity index (χ0) is 14.5. The molecule has 1 aromatic rings. The van der Waals surface area contributed by atoms with Crippen molar-refractivity contribution in [2.45, 2.75) is 57.3 Å². The van der Waals surface area contributed by atoms with E-state index in [0.717, 1.165) is 48.4 Å². The highest BCUT2D eigenvalue weighted by Gasteiger charge is 2.24. The van der Waals surface area contributed by atoms with Gasteiger partial charge in [0.05, 0.1) is 6.10 Å². The first-order valence-electron chi connectivity index (χ1n) is 7.32. The summed E-state index contributed by atoms with van der Waals surface area (Å²) in [6, 6.07) is 5.87. The molecule has 1 aliphatic carbocycles. The minimum atomic E-state index is 0.0651. The number of rotatable bonds is 5. The van der Waals surface area contributed by atoms with Crippen LogP contribution >= 0.6 is 11.6 Å². The van der Waals surface area contributed by atoms with Crippen molar-refractivity contribution in [2.75, 3.05) is 7.11 Å². The molecular formula is C16H24ClNO2. The van der Waals surface area contributed by atoms with Crippen LogP contribution in [-0.4, -0.2) is 25.4 Å². The highest BCUT2D eigenvalue weighted by Crippen LogP contribution is 2.31. The van der Waals surface area contributed by atoms with Crippen molar-refractivity contribution in [3.63, 3.8) is 0 Å². The molecule has 2 N–H and O–H groups in total. The maximum absolute atomic E-state index is 6.29. The van der Waals surface area contributed by atoms with Gasteiger partial charge in [0.1, 0.15) is 11.9 Å². The summed E-state index contributed by atoms with van der Waals surface area (Å²) in [5.74, 6) is 0.872. The van der Waals surface area contributed by atoms with Crippen molar-refractivity contribution in [1.82, 2.24) is 0 Å². The summed E-state index contributed by atoms with van der Waals surface area (Å²) >= 11 is 6.29. The van der Waals surface area contributed by atoms with Gasteiger partial charge in [0.15, 0.2) is 0 Å². The summed E-state index contributed by atoms with van der Waals surface area (Å²) < 4.78 is 11.6. The summed E-state index contributed by atoms with van der Waals surface area (Å²) in [5.41, 5.74) is 6.92. The average Bonchev–Trinajstić information content (AvgIpc) is 2.42. The molecule has 1 aromatic carbocycles. The van der Waals surface area contributed by atoms with Crippen molar-refractivity contribution in [1.29, 1.82) is 0 Å². The molecule has 3 atom stereocenters. The van der Waals surface area contributed by atoms with E-state index in [1.54, 1.807) is 7.11 Å². The molecule has 1 saturated carbocycles. The number of nitrogens with two attached hydrogens (primary N) is 1. The molecule has 0 heterocycles. The molecular weight excluding hydrogens is 274 g/mol. The third-order valence-electron chi connectivity index (χ3n) is 3.81. The van der Waals surface area contributed by atoms with Crippen LogP contribution in [0.25, 0.3) is 0 Å². The first kappa shape index (κ1) is 15.6. The molecule has 1 aliphatic rings. The molecule has 3 nitrogen and oxygen atoms in total. The second-order valence-corrected chi connectivity index (χ2v) is 6.07. The van der Waals surface area contributed by atoms with Crippen molar-refractivity contribution < 1.29 is 9.47 Å². The molecule has 112 valence electrons. The fraction of sp³-hybridized carbons (Fsp3) is 0.625. The Balaban J connectivity index is 2.10. The monoisotopic (exact) mass is 297 g/mol. The number of hydrogen-bond donors (Lipinski definition) is 1. The third-order valence-corrected chi connectivity index (χ3v) is 4.16. The number of hydrogen-bond acceptors (Lipinski definition) is 3. The Hall–Kier alpha value is -0.770. The van der Waals surface area contributed by atoms with Crippen LogP contribution in [0.15, 0.2) is 18.2 Å². The van der Waals surface area contributed by atoms with Gasteiger partial charge >= 0.3 is 0 Å². The van der Waals surface area contributed by atoms with Crippen LogP contribution in [0.5, 0.6) is 5.75 Å². The quantitative estimate of drug-likeness (QED) is 0.903. The molecule has 3 unspecified atom stereocenters. The maximum atomic E-state index is 6.29. The van der Waals surface area contributed by atoms with Gasteiger partial charge in [0, 0.05) is 30.2 Å². The summed E-state index contributed by atoms with van der Waals surface area (Å²) in [7, 11) is 1.77. The van der Waals surface area contributed by atoms with Crippen LogP contribution < -0.4 is 10.5 Å². The van der Waals surface area contributed by atoms with Crippen LogP contribution in [-0.2, 0) is 11.2 Å². The minimum absolute atomic E-state index is 0.0651. The average molecular weight is 298 g/mol. The largest absolute Gasteiger partial charge is 0.490 e. The van der Waals surface area contributed by atoms with Gasteiger partial charge in [0.25, 0.3) is 0 Å². The first-order valence-corrected chi connectivity index (χ1v) is 7.70. The third kappa shape index (κ3) is 4.11. The molecule has 20 heavy (non-hydrogen) atoms. The van der Waals surface area contributed by atoms with E-state index >= 15 is 0 Å². The van der Waals surface area contributed by atoms with E-state index in [4.69, 9.17) is 26.8 Å². The maximum Gasteiger partial charge on any atom is 0.124 e. The van der Waals surface area contributed by atoms with Crippen LogP contribution in [0, 0.1) is 0 Å². The Kier molecular flexibility index (Phi) is 5.70. The minimum Gasteiger partial charge on any atom is -0.490 e. The van der Waals surface area contributed by atoms with Gasteiger partial charge in [-0.1, -0.05) is 17.7 Å². The smallest absolute Gasteiger partial charge is 0.124 e. The van der Waals surface area contributed by atoms with E-state index in [0.29, 0.717) is 6.10 Å². The lowest BCUT2D eigenvalue weighted by Crippen LogP contribution is -2.30. The highest BCUT2D eigenvalue weighted by molar-refractivity contribution is 6.31. The zero-order valence-corrected chi connectivity index (χ0v) is 13.0. The summed E-state index contributed by atoms with van der Waals surface area (Å²) in [6.45, 7) is 1.98. The molecule has 4 heteroatoms. The number of benzene rings is 1. The standard InChI is InChI=1S/C16H24ClNO2/c1-11(18)9-14-15(17)7-4-8-16(14)20-13-6-3-5-12(10-13)19-2/h4,7-8,11-13H,3,5-6,9-10,18H2,1-2H3. The van der Waals surface area contributed by atoms with Gasteiger partial charge in [-0.15, -0.1) is 0 Å². The zero-order valence-electron chi connectivity index (χ0n) is 12.3. The lowest BCUT2D eigenvalue weighted by Gasteiger charge is -2.29. The van der Waals surface area contributed by atoms with Crippen LogP contribution in [0.4, 0.5) is 0 Å².